The Kier molecular flexibility index (Phi) is 7.04. The molecule has 0 bridgehead atoms. The van der Waals surface area contributed by atoms with Gasteiger partial charge in [0.2, 0.25) is 0 Å². The van der Waals surface area contributed by atoms with Gasteiger partial charge in [0.05, 0.1) is 16.8 Å². The highest BCUT2D eigenvalue weighted by atomic mass is 16.5. The van der Waals surface area contributed by atoms with Crippen molar-refractivity contribution in [3.8, 4) is 11.5 Å². The first-order valence-corrected chi connectivity index (χ1v) is 11.8. The fraction of sp³-hybridized carbons (Fsp3) is 0. The van der Waals surface area contributed by atoms with Crippen LogP contribution < -0.4 is 14.4 Å². The molecular weight excluding hydrogens is 462 g/mol. The van der Waals surface area contributed by atoms with E-state index in [9.17, 15) is 9.59 Å². The molecule has 5 aromatic rings. The Morgan fingerprint density at radius 3 is 1.16 bits per heavy atom. The fourth-order valence-corrected chi connectivity index (χ4v) is 3.98. The van der Waals surface area contributed by atoms with Crippen molar-refractivity contribution in [3.63, 3.8) is 0 Å². The molecule has 0 saturated carbocycles. The molecule has 37 heavy (non-hydrogen) atoms. The lowest BCUT2D eigenvalue weighted by molar-refractivity contribution is 0.0734. The molecule has 0 atom stereocenters. The van der Waals surface area contributed by atoms with Gasteiger partial charge < -0.3 is 14.4 Å². The van der Waals surface area contributed by atoms with Crippen LogP contribution in [0.2, 0.25) is 0 Å². The van der Waals surface area contributed by atoms with E-state index in [1.165, 1.54) is 0 Å². The van der Waals surface area contributed by atoms with E-state index in [1.807, 2.05) is 77.7 Å². The topological polar surface area (TPSA) is 55.8 Å². The van der Waals surface area contributed by atoms with Crippen LogP contribution in [0.4, 0.5) is 17.1 Å². The standard InChI is InChI=1S/C32H23NO4/c34-31(36-26-18-9-3-10-19-26)28-22-13-23-29(32(35)37-27-20-11-4-12-21-27)30(28)33(24-14-5-1-6-15-24)25-16-7-2-8-17-25/h1-23H. The zero-order chi connectivity index (χ0) is 25.5. The monoisotopic (exact) mass is 485 g/mol. The van der Waals surface area contributed by atoms with Gasteiger partial charge in [-0.2, -0.15) is 0 Å². The van der Waals surface area contributed by atoms with Crippen LogP contribution >= 0.6 is 0 Å². The minimum atomic E-state index is -0.590. The van der Waals surface area contributed by atoms with Crippen molar-refractivity contribution in [1.82, 2.24) is 0 Å². The molecule has 0 N–H and O–H groups in total. The van der Waals surface area contributed by atoms with Crippen LogP contribution in [-0.2, 0) is 0 Å². The lowest BCUT2D eigenvalue weighted by Gasteiger charge is -2.28. The van der Waals surface area contributed by atoms with Crippen LogP contribution in [0, 0.1) is 0 Å². The second-order valence-electron chi connectivity index (χ2n) is 8.11. The summed E-state index contributed by atoms with van der Waals surface area (Å²) in [6, 6.07) is 41.7. The van der Waals surface area contributed by atoms with Crippen molar-refractivity contribution < 1.29 is 19.1 Å². The molecule has 5 aromatic carbocycles. The molecule has 0 fully saturated rings. The molecule has 0 heterocycles. The predicted molar refractivity (Wildman–Crippen MR) is 144 cm³/mol. The van der Waals surface area contributed by atoms with E-state index in [0.717, 1.165) is 11.4 Å². The molecule has 0 aliphatic heterocycles. The quantitative estimate of drug-likeness (QED) is 0.176. The summed E-state index contributed by atoms with van der Waals surface area (Å²) >= 11 is 0. The number of nitrogens with zero attached hydrogens (tertiary/aromatic N) is 1. The van der Waals surface area contributed by atoms with E-state index in [0.29, 0.717) is 17.2 Å². The minimum absolute atomic E-state index is 0.221. The van der Waals surface area contributed by atoms with Crippen LogP contribution in [0.25, 0.3) is 0 Å². The van der Waals surface area contributed by atoms with Crippen LogP contribution in [0.1, 0.15) is 20.7 Å². The third-order valence-corrected chi connectivity index (χ3v) is 5.64. The van der Waals surface area contributed by atoms with Crippen molar-refractivity contribution in [2.45, 2.75) is 0 Å². The molecule has 0 radical (unpaired) electrons. The van der Waals surface area contributed by atoms with Crippen molar-refractivity contribution in [2.75, 3.05) is 4.90 Å². The van der Waals surface area contributed by atoms with Gasteiger partial charge in [0.25, 0.3) is 0 Å². The Labute approximate surface area is 215 Å². The van der Waals surface area contributed by atoms with E-state index in [2.05, 4.69) is 0 Å². The SMILES string of the molecule is O=C(Oc1ccccc1)c1cccc(C(=O)Oc2ccccc2)c1N(c1ccccc1)c1ccccc1. The third-order valence-electron chi connectivity index (χ3n) is 5.64. The van der Waals surface area contributed by atoms with Gasteiger partial charge in [-0.05, 0) is 60.7 Å². The first kappa shape index (κ1) is 23.6. The Balaban J connectivity index is 1.68. The van der Waals surface area contributed by atoms with Crippen molar-refractivity contribution in [3.05, 3.63) is 151 Å². The van der Waals surface area contributed by atoms with Gasteiger partial charge in [0, 0.05) is 11.4 Å². The molecule has 180 valence electrons. The van der Waals surface area contributed by atoms with Crippen LogP contribution in [-0.4, -0.2) is 11.9 Å². The van der Waals surface area contributed by atoms with Gasteiger partial charge in [0.15, 0.2) is 0 Å². The molecule has 0 aliphatic rings. The fourth-order valence-electron chi connectivity index (χ4n) is 3.98. The van der Waals surface area contributed by atoms with Crippen LogP contribution in [0.3, 0.4) is 0 Å². The van der Waals surface area contributed by atoms with Crippen molar-refractivity contribution in [2.24, 2.45) is 0 Å². The van der Waals surface area contributed by atoms with Gasteiger partial charge >= 0.3 is 11.9 Å². The summed E-state index contributed by atoms with van der Waals surface area (Å²) in [6.45, 7) is 0. The number of benzene rings is 5. The average molecular weight is 486 g/mol. The summed E-state index contributed by atoms with van der Waals surface area (Å²) in [4.78, 5) is 28.9. The van der Waals surface area contributed by atoms with E-state index >= 15 is 0 Å². The molecule has 5 rings (SSSR count). The molecular formula is C32H23NO4. The molecule has 0 aromatic heterocycles. The van der Waals surface area contributed by atoms with Crippen molar-refractivity contribution in [1.29, 1.82) is 0 Å². The Bertz CT molecular complexity index is 1380. The minimum Gasteiger partial charge on any atom is -0.423 e. The third kappa shape index (κ3) is 5.41. The first-order chi connectivity index (χ1) is 18.2. The van der Waals surface area contributed by atoms with E-state index in [-0.39, 0.29) is 11.1 Å². The molecule has 0 unspecified atom stereocenters. The summed E-state index contributed by atoms with van der Waals surface area (Å²) in [6.07, 6.45) is 0. The number of carbonyl (C=O) groups excluding carboxylic acids is 2. The zero-order valence-electron chi connectivity index (χ0n) is 19.9. The maximum absolute atomic E-state index is 13.5. The Morgan fingerprint density at radius 1 is 0.432 bits per heavy atom. The van der Waals surface area contributed by atoms with E-state index in [4.69, 9.17) is 9.47 Å². The second kappa shape index (κ2) is 11.1. The van der Waals surface area contributed by atoms with Crippen molar-refractivity contribution >= 4 is 29.0 Å². The van der Waals surface area contributed by atoms with Gasteiger partial charge in [-0.25, -0.2) is 9.59 Å². The highest BCUT2D eigenvalue weighted by Gasteiger charge is 2.28. The number of para-hydroxylation sites is 5. The summed E-state index contributed by atoms with van der Waals surface area (Å²) in [5.74, 6) is -0.372. The normalized spacial score (nSPS) is 10.4. The van der Waals surface area contributed by atoms with Crippen LogP contribution in [0.5, 0.6) is 11.5 Å². The van der Waals surface area contributed by atoms with Crippen LogP contribution in [0.15, 0.2) is 140 Å². The van der Waals surface area contributed by atoms with Gasteiger partial charge in [0.1, 0.15) is 11.5 Å². The number of rotatable bonds is 7. The Hall–Kier alpha value is -5.16. The van der Waals surface area contributed by atoms with E-state index in [1.54, 1.807) is 66.7 Å². The summed E-state index contributed by atoms with van der Waals surface area (Å²) in [5.41, 5.74) is 2.34. The lowest BCUT2D eigenvalue weighted by atomic mass is 10.0. The molecule has 0 spiro atoms. The largest absolute Gasteiger partial charge is 0.423 e. The number of esters is 2. The van der Waals surface area contributed by atoms with Gasteiger partial charge in [-0.1, -0.05) is 78.9 Å². The molecule has 0 aliphatic carbocycles. The highest BCUT2D eigenvalue weighted by Crippen LogP contribution is 2.39. The second-order valence-corrected chi connectivity index (χ2v) is 8.11. The summed E-state index contributed by atoms with van der Waals surface area (Å²) in [7, 11) is 0. The smallest absolute Gasteiger partial charge is 0.345 e. The number of anilines is 3. The number of ether oxygens (including phenoxy) is 2. The molecule has 5 heteroatoms. The lowest BCUT2D eigenvalue weighted by Crippen LogP contribution is -2.22. The molecule has 5 nitrogen and oxygen atoms in total. The summed E-state index contributed by atoms with van der Waals surface area (Å²) in [5, 5.41) is 0. The maximum Gasteiger partial charge on any atom is 0.345 e. The average Bonchev–Trinajstić information content (AvgIpc) is 2.95. The van der Waals surface area contributed by atoms with Gasteiger partial charge in [-0.3, -0.25) is 0 Å². The number of carbonyl (C=O) groups is 2. The van der Waals surface area contributed by atoms with Gasteiger partial charge in [-0.15, -0.1) is 0 Å². The Morgan fingerprint density at radius 2 is 0.784 bits per heavy atom. The highest BCUT2D eigenvalue weighted by molar-refractivity contribution is 6.08. The number of hydrogen-bond acceptors (Lipinski definition) is 5. The summed E-state index contributed by atoms with van der Waals surface area (Å²) < 4.78 is 11.4. The maximum atomic E-state index is 13.5. The van der Waals surface area contributed by atoms with E-state index < -0.39 is 11.9 Å². The zero-order valence-corrected chi connectivity index (χ0v) is 19.9. The first-order valence-electron chi connectivity index (χ1n) is 11.8. The number of hydrogen-bond donors (Lipinski definition) is 0. The molecule has 0 amide bonds. The molecule has 0 saturated heterocycles. The predicted octanol–water partition coefficient (Wildman–Crippen LogP) is 7.59.